The van der Waals surface area contributed by atoms with Crippen molar-refractivity contribution in [1.82, 2.24) is 0 Å². The fraction of sp³-hybridized carbons (Fsp3) is 1.00. The molecule has 0 aliphatic carbocycles. The van der Waals surface area contributed by atoms with Gasteiger partial charge in [-0.25, -0.2) is 0 Å². The molecule has 0 aromatic rings. The molecule has 0 aromatic carbocycles. The molecular formula is C9H21NOS. The van der Waals surface area contributed by atoms with Gasteiger partial charge in [0.15, 0.2) is 0 Å². The lowest BCUT2D eigenvalue weighted by Gasteiger charge is -2.32. The molecule has 2 nitrogen and oxygen atoms in total. The van der Waals surface area contributed by atoms with Crippen molar-refractivity contribution in [3.63, 3.8) is 0 Å². The van der Waals surface area contributed by atoms with E-state index < -0.39 is 0 Å². The van der Waals surface area contributed by atoms with E-state index >= 15 is 0 Å². The molecule has 0 rings (SSSR count). The van der Waals surface area contributed by atoms with Gasteiger partial charge in [0, 0.05) is 12.0 Å². The van der Waals surface area contributed by atoms with Crippen LogP contribution in [0.1, 0.15) is 26.7 Å². The Morgan fingerprint density at radius 2 is 2.17 bits per heavy atom. The summed E-state index contributed by atoms with van der Waals surface area (Å²) in [5.41, 5.74) is 5.54. The Hall–Kier alpha value is 0.270. The van der Waals surface area contributed by atoms with Gasteiger partial charge in [-0.3, -0.25) is 0 Å². The Labute approximate surface area is 79.9 Å². The van der Waals surface area contributed by atoms with E-state index in [-0.39, 0.29) is 11.5 Å². The molecule has 0 spiro atoms. The Morgan fingerprint density at radius 3 is 2.50 bits per heavy atom. The summed E-state index contributed by atoms with van der Waals surface area (Å²) in [6, 6.07) is 0. The molecule has 3 heteroatoms. The molecule has 0 aliphatic heterocycles. The Balaban J connectivity index is 3.93. The van der Waals surface area contributed by atoms with Crippen molar-refractivity contribution in [3.05, 3.63) is 0 Å². The number of nitrogens with two attached hydrogens (primary N) is 1. The third-order valence-corrected chi connectivity index (χ3v) is 3.32. The van der Waals surface area contributed by atoms with Gasteiger partial charge in [-0.1, -0.05) is 13.8 Å². The molecule has 0 amide bonds. The summed E-state index contributed by atoms with van der Waals surface area (Å²) in [5.74, 6) is 1.01. The number of aliphatic hydroxyl groups is 1. The highest BCUT2D eigenvalue weighted by Gasteiger charge is 2.28. The molecule has 2 unspecified atom stereocenters. The van der Waals surface area contributed by atoms with E-state index in [0.29, 0.717) is 6.54 Å². The van der Waals surface area contributed by atoms with Crippen LogP contribution < -0.4 is 5.73 Å². The summed E-state index contributed by atoms with van der Waals surface area (Å²) in [5, 5.41) is 9.81. The van der Waals surface area contributed by atoms with Gasteiger partial charge in [-0.15, -0.1) is 0 Å². The lowest BCUT2D eigenvalue weighted by atomic mass is 9.80. The molecule has 0 heterocycles. The molecule has 2 atom stereocenters. The van der Waals surface area contributed by atoms with Crippen molar-refractivity contribution in [2.45, 2.75) is 32.8 Å². The fourth-order valence-electron chi connectivity index (χ4n) is 1.09. The first-order valence-electron chi connectivity index (χ1n) is 4.47. The van der Waals surface area contributed by atoms with Crippen molar-refractivity contribution in [2.24, 2.45) is 11.1 Å². The molecule has 12 heavy (non-hydrogen) atoms. The topological polar surface area (TPSA) is 46.2 Å². The number of hydrogen-bond acceptors (Lipinski definition) is 3. The van der Waals surface area contributed by atoms with Crippen LogP contribution in [0.15, 0.2) is 0 Å². The van der Waals surface area contributed by atoms with Gasteiger partial charge in [0.2, 0.25) is 0 Å². The van der Waals surface area contributed by atoms with E-state index in [0.717, 1.165) is 18.6 Å². The SMILES string of the molecule is CCC(C)(CN)C(O)CCSC. The third kappa shape index (κ3) is 3.33. The summed E-state index contributed by atoms with van der Waals surface area (Å²) in [7, 11) is 0. The van der Waals surface area contributed by atoms with Crippen LogP contribution in [0.2, 0.25) is 0 Å². The lowest BCUT2D eigenvalue weighted by molar-refractivity contribution is 0.0384. The van der Waals surface area contributed by atoms with E-state index in [4.69, 9.17) is 5.73 Å². The third-order valence-electron chi connectivity index (χ3n) is 2.67. The quantitative estimate of drug-likeness (QED) is 0.668. The Kier molecular flexibility index (Phi) is 5.97. The summed E-state index contributed by atoms with van der Waals surface area (Å²) < 4.78 is 0. The Morgan fingerprint density at radius 1 is 1.58 bits per heavy atom. The first kappa shape index (κ1) is 12.3. The normalized spacial score (nSPS) is 18.8. The minimum Gasteiger partial charge on any atom is -0.392 e. The average molecular weight is 191 g/mol. The zero-order valence-electron chi connectivity index (χ0n) is 8.34. The monoisotopic (exact) mass is 191 g/mol. The predicted molar refractivity (Wildman–Crippen MR) is 56.5 cm³/mol. The molecule has 0 aliphatic rings. The van der Waals surface area contributed by atoms with Gasteiger partial charge in [0.25, 0.3) is 0 Å². The average Bonchev–Trinajstić information content (AvgIpc) is 2.12. The molecule has 0 radical (unpaired) electrons. The highest BCUT2D eigenvalue weighted by Crippen LogP contribution is 2.26. The molecular weight excluding hydrogens is 170 g/mol. The highest BCUT2D eigenvalue weighted by atomic mass is 32.2. The van der Waals surface area contributed by atoms with Gasteiger partial charge in [0.05, 0.1) is 6.10 Å². The van der Waals surface area contributed by atoms with Crippen molar-refractivity contribution in [1.29, 1.82) is 0 Å². The van der Waals surface area contributed by atoms with Crippen molar-refractivity contribution in [2.75, 3.05) is 18.6 Å². The lowest BCUT2D eigenvalue weighted by Crippen LogP contribution is -2.39. The number of aliphatic hydroxyl groups excluding tert-OH is 1. The minimum absolute atomic E-state index is 0.0876. The molecule has 0 saturated carbocycles. The number of hydrogen-bond donors (Lipinski definition) is 2. The predicted octanol–water partition coefficient (Wildman–Crippen LogP) is 1.48. The van der Waals surface area contributed by atoms with E-state index in [2.05, 4.69) is 20.1 Å². The molecule has 0 aromatic heterocycles. The summed E-state index contributed by atoms with van der Waals surface area (Å²) in [6.07, 6.45) is 3.60. The van der Waals surface area contributed by atoms with Gasteiger partial charge in [-0.2, -0.15) is 11.8 Å². The van der Waals surface area contributed by atoms with Crippen LogP contribution in [0.25, 0.3) is 0 Å². The zero-order valence-corrected chi connectivity index (χ0v) is 9.16. The maximum Gasteiger partial charge on any atom is 0.0613 e. The van der Waals surface area contributed by atoms with Crippen LogP contribution in [0.3, 0.4) is 0 Å². The number of rotatable bonds is 6. The standard InChI is InChI=1S/C9H21NOS/c1-4-9(2,7-10)8(11)5-6-12-3/h8,11H,4-7,10H2,1-3H3. The van der Waals surface area contributed by atoms with Gasteiger partial charge < -0.3 is 10.8 Å². The summed E-state index contributed by atoms with van der Waals surface area (Å²) in [6.45, 7) is 4.70. The maximum absolute atomic E-state index is 9.81. The first-order chi connectivity index (χ1) is 5.60. The second-order valence-electron chi connectivity index (χ2n) is 3.51. The molecule has 74 valence electrons. The maximum atomic E-state index is 9.81. The van der Waals surface area contributed by atoms with Crippen molar-refractivity contribution < 1.29 is 5.11 Å². The molecule has 0 fully saturated rings. The molecule has 0 saturated heterocycles. The highest BCUT2D eigenvalue weighted by molar-refractivity contribution is 7.98. The van der Waals surface area contributed by atoms with E-state index in [9.17, 15) is 5.11 Å². The van der Waals surface area contributed by atoms with Gasteiger partial charge >= 0.3 is 0 Å². The largest absolute Gasteiger partial charge is 0.392 e. The van der Waals surface area contributed by atoms with Crippen LogP contribution >= 0.6 is 11.8 Å². The van der Waals surface area contributed by atoms with Crippen LogP contribution in [-0.2, 0) is 0 Å². The Bertz CT molecular complexity index is 115. The fourth-order valence-corrected chi connectivity index (χ4v) is 1.55. The van der Waals surface area contributed by atoms with E-state index in [1.165, 1.54) is 0 Å². The number of thioether (sulfide) groups is 1. The van der Waals surface area contributed by atoms with Crippen LogP contribution in [0.5, 0.6) is 0 Å². The van der Waals surface area contributed by atoms with E-state index in [1.807, 2.05) is 0 Å². The molecule has 0 bridgehead atoms. The molecule has 3 N–H and O–H groups in total. The smallest absolute Gasteiger partial charge is 0.0613 e. The van der Waals surface area contributed by atoms with Crippen LogP contribution in [0, 0.1) is 5.41 Å². The second-order valence-corrected chi connectivity index (χ2v) is 4.49. The van der Waals surface area contributed by atoms with Gasteiger partial charge in [0.1, 0.15) is 0 Å². The summed E-state index contributed by atoms with van der Waals surface area (Å²) in [4.78, 5) is 0. The second kappa shape index (κ2) is 5.84. The summed E-state index contributed by atoms with van der Waals surface area (Å²) >= 11 is 1.77. The van der Waals surface area contributed by atoms with Crippen molar-refractivity contribution in [3.8, 4) is 0 Å². The van der Waals surface area contributed by atoms with Crippen molar-refractivity contribution >= 4 is 11.8 Å². The van der Waals surface area contributed by atoms with Crippen LogP contribution in [-0.4, -0.2) is 29.8 Å². The zero-order chi connectivity index (χ0) is 9.61. The van der Waals surface area contributed by atoms with E-state index in [1.54, 1.807) is 11.8 Å². The minimum atomic E-state index is -0.250. The first-order valence-corrected chi connectivity index (χ1v) is 5.87. The van der Waals surface area contributed by atoms with Crippen LogP contribution in [0.4, 0.5) is 0 Å². The van der Waals surface area contributed by atoms with Gasteiger partial charge in [-0.05, 0) is 24.9 Å².